The van der Waals surface area contributed by atoms with Crippen LogP contribution in [0, 0.1) is 11.8 Å². The number of aldehydes is 1. The van der Waals surface area contributed by atoms with Crippen LogP contribution >= 0.6 is 0 Å². The van der Waals surface area contributed by atoms with Crippen LogP contribution in [-0.4, -0.2) is 43.5 Å². The number of nitrogens with one attached hydrogen (secondary N) is 1. The van der Waals surface area contributed by atoms with Gasteiger partial charge < -0.3 is 19.6 Å². The van der Waals surface area contributed by atoms with Gasteiger partial charge in [-0.15, -0.1) is 0 Å². The van der Waals surface area contributed by atoms with Crippen molar-refractivity contribution in [3.63, 3.8) is 0 Å². The van der Waals surface area contributed by atoms with Crippen LogP contribution in [0.2, 0.25) is 0 Å². The van der Waals surface area contributed by atoms with Crippen LogP contribution in [0.3, 0.4) is 0 Å². The maximum absolute atomic E-state index is 12.4. The summed E-state index contributed by atoms with van der Waals surface area (Å²) in [7, 11) is 1.58. The van der Waals surface area contributed by atoms with Gasteiger partial charge in [0.2, 0.25) is 5.91 Å². The molecule has 0 heterocycles. The number of methoxy groups -OCH3 is 1. The van der Waals surface area contributed by atoms with Gasteiger partial charge in [0.25, 0.3) is 0 Å². The topological polar surface area (TPSA) is 81.7 Å². The first-order valence-corrected chi connectivity index (χ1v) is 10.2. The lowest BCUT2D eigenvalue weighted by atomic mass is 9.93. The summed E-state index contributed by atoms with van der Waals surface area (Å²) in [5.74, 6) is -0.645. The maximum Gasteiger partial charge on any atom is 0.328 e. The lowest BCUT2D eigenvalue weighted by Crippen LogP contribution is -2.43. The fraction of sp³-hybridized carbons (Fsp3) is 0.857. The fourth-order valence-corrected chi connectivity index (χ4v) is 3.18. The molecule has 6 heteroatoms. The van der Waals surface area contributed by atoms with Gasteiger partial charge in [-0.1, -0.05) is 46.5 Å². The second kappa shape index (κ2) is 14.6. The molecule has 0 bridgehead atoms. The third-order valence-corrected chi connectivity index (χ3v) is 4.60. The Labute approximate surface area is 164 Å². The molecule has 0 saturated carbocycles. The van der Waals surface area contributed by atoms with Crippen molar-refractivity contribution in [2.75, 3.05) is 7.11 Å². The van der Waals surface area contributed by atoms with E-state index < -0.39 is 18.1 Å². The molecule has 0 fully saturated rings. The van der Waals surface area contributed by atoms with Crippen LogP contribution in [0.15, 0.2) is 0 Å². The molecule has 0 saturated heterocycles. The summed E-state index contributed by atoms with van der Waals surface area (Å²) >= 11 is 0. The smallest absolute Gasteiger partial charge is 0.328 e. The molecule has 0 aromatic carbocycles. The Morgan fingerprint density at radius 3 is 2.22 bits per heavy atom. The molecule has 1 amide bonds. The summed E-state index contributed by atoms with van der Waals surface area (Å²) in [6.07, 6.45) is 6.44. The van der Waals surface area contributed by atoms with Gasteiger partial charge in [-0.3, -0.25) is 4.79 Å². The van der Waals surface area contributed by atoms with E-state index in [9.17, 15) is 14.4 Å². The number of esters is 1. The number of amides is 1. The average molecular weight is 386 g/mol. The molecule has 0 aliphatic rings. The van der Waals surface area contributed by atoms with Crippen LogP contribution in [0.25, 0.3) is 0 Å². The standard InChI is InChI=1S/C21H39NO5/c1-7-8-9-10-11-18(14-23)20(26-6)13-16(4)27-21(25)19(12-15(2)3)22-17(5)24/h14-16,18-20H,7-13H2,1-6H3,(H,22,24)/t16-,18+,19-,20-/m0/s1. The molecule has 27 heavy (non-hydrogen) atoms. The highest BCUT2D eigenvalue weighted by atomic mass is 16.5. The molecule has 4 atom stereocenters. The van der Waals surface area contributed by atoms with E-state index in [0.29, 0.717) is 12.8 Å². The van der Waals surface area contributed by atoms with E-state index in [2.05, 4.69) is 12.2 Å². The number of carbonyl (C=O) groups is 3. The zero-order valence-corrected chi connectivity index (χ0v) is 18.0. The average Bonchev–Trinajstić information content (AvgIpc) is 2.58. The van der Waals surface area contributed by atoms with Crippen molar-refractivity contribution in [1.82, 2.24) is 5.32 Å². The number of unbranched alkanes of at least 4 members (excludes halogenated alkanes) is 3. The molecule has 0 rings (SSSR count). The lowest BCUT2D eigenvalue weighted by molar-refractivity contribution is -0.154. The Morgan fingerprint density at radius 2 is 1.74 bits per heavy atom. The van der Waals surface area contributed by atoms with Gasteiger partial charge in [-0.2, -0.15) is 0 Å². The van der Waals surface area contributed by atoms with E-state index in [-0.39, 0.29) is 23.8 Å². The van der Waals surface area contributed by atoms with E-state index in [0.717, 1.165) is 38.4 Å². The predicted molar refractivity (Wildman–Crippen MR) is 106 cm³/mol. The van der Waals surface area contributed by atoms with Crippen molar-refractivity contribution >= 4 is 18.2 Å². The Morgan fingerprint density at radius 1 is 1.07 bits per heavy atom. The normalized spacial score (nSPS) is 15.7. The first kappa shape index (κ1) is 25.6. The fourth-order valence-electron chi connectivity index (χ4n) is 3.18. The van der Waals surface area contributed by atoms with Gasteiger partial charge in [-0.25, -0.2) is 4.79 Å². The molecule has 0 unspecified atom stereocenters. The van der Waals surface area contributed by atoms with Crippen molar-refractivity contribution in [2.24, 2.45) is 11.8 Å². The number of ether oxygens (including phenoxy) is 2. The number of carbonyl (C=O) groups excluding carboxylic acids is 3. The number of hydrogen-bond acceptors (Lipinski definition) is 5. The largest absolute Gasteiger partial charge is 0.461 e. The van der Waals surface area contributed by atoms with Crippen LogP contribution in [0.5, 0.6) is 0 Å². The molecule has 0 aliphatic carbocycles. The molecule has 0 aromatic rings. The minimum absolute atomic E-state index is 0.199. The lowest BCUT2D eigenvalue weighted by Gasteiger charge is -2.26. The van der Waals surface area contributed by atoms with E-state index in [1.807, 2.05) is 13.8 Å². The minimum Gasteiger partial charge on any atom is -0.461 e. The molecule has 0 aliphatic heterocycles. The second-order valence-electron chi connectivity index (χ2n) is 7.79. The molecule has 0 aromatic heterocycles. The summed E-state index contributed by atoms with van der Waals surface area (Å²) in [6, 6.07) is -0.651. The number of rotatable bonds is 15. The van der Waals surface area contributed by atoms with Crippen molar-refractivity contribution in [3.05, 3.63) is 0 Å². The summed E-state index contributed by atoms with van der Waals surface area (Å²) < 4.78 is 11.0. The van der Waals surface area contributed by atoms with Crippen molar-refractivity contribution in [1.29, 1.82) is 0 Å². The van der Waals surface area contributed by atoms with Gasteiger partial charge >= 0.3 is 5.97 Å². The summed E-state index contributed by atoms with van der Waals surface area (Å²) in [4.78, 5) is 35.3. The van der Waals surface area contributed by atoms with Crippen molar-refractivity contribution in [3.8, 4) is 0 Å². The summed E-state index contributed by atoms with van der Waals surface area (Å²) in [6.45, 7) is 9.30. The highest BCUT2D eigenvalue weighted by Gasteiger charge is 2.27. The van der Waals surface area contributed by atoms with Crippen molar-refractivity contribution < 1.29 is 23.9 Å². The first-order valence-electron chi connectivity index (χ1n) is 10.2. The SMILES string of the molecule is CCCCCC[C@H](C=O)[C@H](C[C@H](C)OC(=O)[C@H](CC(C)C)NC(C)=O)OC. The molecule has 6 nitrogen and oxygen atoms in total. The van der Waals surface area contributed by atoms with Crippen LogP contribution < -0.4 is 5.32 Å². The van der Waals surface area contributed by atoms with E-state index in [1.54, 1.807) is 14.0 Å². The van der Waals surface area contributed by atoms with Gasteiger partial charge in [0, 0.05) is 26.4 Å². The van der Waals surface area contributed by atoms with Crippen LogP contribution in [-0.2, 0) is 23.9 Å². The highest BCUT2D eigenvalue weighted by molar-refractivity contribution is 5.83. The molecule has 158 valence electrons. The molecule has 0 radical (unpaired) electrons. The van der Waals surface area contributed by atoms with E-state index >= 15 is 0 Å². The number of hydrogen-bond donors (Lipinski definition) is 1. The second-order valence-corrected chi connectivity index (χ2v) is 7.79. The summed E-state index contributed by atoms with van der Waals surface area (Å²) in [5, 5.41) is 2.66. The monoisotopic (exact) mass is 385 g/mol. The van der Waals surface area contributed by atoms with Gasteiger partial charge in [0.05, 0.1) is 6.10 Å². The molecular weight excluding hydrogens is 346 g/mol. The molecule has 1 N–H and O–H groups in total. The molecular formula is C21H39NO5. The highest BCUT2D eigenvalue weighted by Crippen LogP contribution is 2.20. The van der Waals surface area contributed by atoms with Crippen LogP contribution in [0.4, 0.5) is 0 Å². The van der Waals surface area contributed by atoms with E-state index in [4.69, 9.17) is 9.47 Å². The third kappa shape index (κ3) is 11.8. The molecule has 0 spiro atoms. The van der Waals surface area contributed by atoms with E-state index in [1.165, 1.54) is 6.92 Å². The van der Waals surface area contributed by atoms with Crippen molar-refractivity contribution in [2.45, 2.75) is 97.8 Å². The zero-order chi connectivity index (χ0) is 20.8. The Bertz CT molecular complexity index is 438. The first-order chi connectivity index (χ1) is 12.7. The third-order valence-electron chi connectivity index (χ3n) is 4.60. The van der Waals surface area contributed by atoms with Gasteiger partial charge in [0.1, 0.15) is 18.4 Å². The Hall–Kier alpha value is -1.43. The predicted octanol–water partition coefficient (Wildman–Crippen LogP) is 3.66. The zero-order valence-electron chi connectivity index (χ0n) is 18.0. The maximum atomic E-state index is 12.4. The Kier molecular flexibility index (Phi) is 13.8. The minimum atomic E-state index is -0.651. The van der Waals surface area contributed by atoms with Crippen LogP contribution in [0.1, 0.15) is 79.6 Å². The quantitative estimate of drug-likeness (QED) is 0.264. The van der Waals surface area contributed by atoms with Gasteiger partial charge in [0.15, 0.2) is 0 Å². The Balaban J connectivity index is 4.69. The van der Waals surface area contributed by atoms with Gasteiger partial charge in [-0.05, 0) is 25.7 Å². The summed E-state index contributed by atoms with van der Waals surface area (Å²) in [5.41, 5.74) is 0.